The number of hydrogen-bond acceptors (Lipinski definition) is 7. The first-order chi connectivity index (χ1) is 21.2. The van der Waals surface area contributed by atoms with Gasteiger partial charge in [0.1, 0.15) is 11.3 Å². The molecule has 1 N–H and O–H groups in total. The summed E-state index contributed by atoms with van der Waals surface area (Å²) in [5, 5.41) is 9.65. The molecular weight excluding hydrogens is 623 g/mol. The van der Waals surface area contributed by atoms with Crippen LogP contribution in [0.1, 0.15) is 66.2 Å². The van der Waals surface area contributed by atoms with Crippen molar-refractivity contribution in [2.75, 3.05) is 45.4 Å². The zero-order valence-electron chi connectivity index (χ0n) is 25.5. The van der Waals surface area contributed by atoms with Crippen LogP contribution in [0, 0.1) is 11.8 Å². The van der Waals surface area contributed by atoms with E-state index in [0.717, 1.165) is 25.0 Å². The standard InChI is InChI=1S/C31H39F5N2O6S/c1-19-5-7-20(8-6-19)27(39)38(21(16-42-2)17-43-3)26-10-9-22(13-24(26)28(40)41)44-29-25(31(34,35)36)14-23(45-29)15-37-12-4-11-30(32,33)18-37/h9-10,13-14,19-21H,4-8,11-12,15-18H2,1-3H3,(H,40,41). The predicted octanol–water partition coefficient (Wildman–Crippen LogP) is 7.31. The van der Waals surface area contributed by atoms with Crippen LogP contribution in [-0.4, -0.2) is 74.4 Å². The highest BCUT2D eigenvalue weighted by Gasteiger charge is 2.39. The smallest absolute Gasteiger partial charge is 0.420 e. The molecule has 1 amide bonds. The van der Waals surface area contributed by atoms with Crippen molar-refractivity contribution >= 4 is 28.9 Å². The van der Waals surface area contributed by atoms with Gasteiger partial charge in [-0.1, -0.05) is 6.92 Å². The summed E-state index contributed by atoms with van der Waals surface area (Å²) in [6.07, 6.45) is -1.85. The summed E-state index contributed by atoms with van der Waals surface area (Å²) in [6.45, 7) is 1.89. The molecule has 0 unspecified atom stereocenters. The van der Waals surface area contributed by atoms with Crippen molar-refractivity contribution in [3.05, 3.63) is 40.3 Å². The number of piperidine rings is 1. The van der Waals surface area contributed by atoms with Gasteiger partial charge >= 0.3 is 12.1 Å². The molecule has 14 heteroatoms. The molecule has 250 valence electrons. The number of carbonyl (C=O) groups is 2. The Morgan fingerprint density at radius 3 is 2.36 bits per heavy atom. The Kier molecular flexibility index (Phi) is 11.5. The molecule has 2 aromatic rings. The summed E-state index contributed by atoms with van der Waals surface area (Å²) in [5.74, 6) is -4.65. The summed E-state index contributed by atoms with van der Waals surface area (Å²) < 4.78 is 86.1. The topological polar surface area (TPSA) is 88.5 Å². The second kappa shape index (κ2) is 14.7. The lowest BCUT2D eigenvalue weighted by Crippen LogP contribution is -2.49. The molecule has 1 aliphatic heterocycles. The van der Waals surface area contributed by atoms with Gasteiger partial charge in [0.25, 0.3) is 5.92 Å². The number of nitrogens with zero attached hydrogens (tertiary/aromatic N) is 2. The Morgan fingerprint density at radius 1 is 1.11 bits per heavy atom. The Balaban J connectivity index is 1.67. The molecule has 1 aromatic carbocycles. The van der Waals surface area contributed by atoms with Crippen LogP contribution in [0.4, 0.5) is 27.6 Å². The number of halogens is 5. The summed E-state index contributed by atoms with van der Waals surface area (Å²) in [6, 6.07) is 3.95. The van der Waals surface area contributed by atoms with Crippen molar-refractivity contribution in [2.45, 2.75) is 70.1 Å². The first kappa shape index (κ1) is 35.1. The van der Waals surface area contributed by atoms with Crippen molar-refractivity contribution in [3.63, 3.8) is 0 Å². The van der Waals surface area contributed by atoms with Crippen LogP contribution in [0.5, 0.6) is 10.8 Å². The van der Waals surface area contributed by atoms with Gasteiger partial charge in [0.05, 0.1) is 37.1 Å². The molecule has 45 heavy (non-hydrogen) atoms. The molecule has 0 spiro atoms. The van der Waals surface area contributed by atoms with Crippen LogP contribution in [0.3, 0.4) is 0 Å². The molecule has 8 nitrogen and oxygen atoms in total. The zero-order chi connectivity index (χ0) is 32.9. The average molecular weight is 663 g/mol. The molecule has 1 saturated carbocycles. The molecule has 4 rings (SSSR count). The molecule has 2 aliphatic rings. The number of carboxylic acid groups (broad SMARTS) is 1. The number of carboxylic acids is 1. The van der Waals surface area contributed by atoms with Crippen molar-refractivity contribution in [2.24, 2.45) is 11.8 Å². The number of hydrogen-bond donors (Lipinski definition) is 1. The number of aromatic carboxylic acids is 1. The number of likely N-dealkylation sites (tertiary alicyclic amines) is 1. The lowest BCUT2D eigenvalue weighted by Gasteiger charge is -2.36. The number of rotatable bonds is 12. The lowest BCUT2D eigenvalue weighted by atomic mass is 9.82. The van der Waals surface area contributed by atoms with E-state index in [1.54, 1.807) is 0 Å². The van der Waals surface area contributed by atoms with Crippen LogP contribution >= 0.6 is 11.3 Å². The molecule has 0 bridgehead atoms. The largest absolute Gasteiger partial charge is 0.478 e. The summed E-state index contributed by atoms with van der Waals surface area (Å²) >= 11 is 0.668. The van der Waals surface area contributed by atoms with Crippen LogP contribution in [0.15, 0.2) is 24.3 Å². The first-order valence-electron chi connectivity index (χ1n) is 14.9. The molecule has 1 saturated heterocycles. The van der Waals surface area contributed by atoms with Gasteiger partial charge in [0.15, 0.2) is 5.06 Å². The van der Waals surface area contributed by atoms with Gasteiger partial charge < -0.3 is 24.2 Å². The highest BCUT2D eigenvalue weighted by molar-refractivity contribution is 7.14. The fraction of sp³-hybridized carbons (Fsp3) is 0.613. The van der Waals surface area contributed by atoms with Crippen LogP contribution in [0.2, 0.25) is 0 Å². The van der Waals surface area contributed by atoms with Gasteiger partial charge in [-0.25, -0.2) is 13.6 Å². The van der Waals surface area contributed by atoms with Crippen LogP contribution in [-0.2, 0) is 27.0 Å². The van der Waals surface area contributed by atoms with E-state index in [0.29, 0.717) is 36.6 Å². The molecule has 2 fully saturated rings. The van der Waals surface area contributed by atoms with E-state index in [2.05, 4.69) is 6.92 Å². The highest BCUT2D eigenvalue weighted by Crippen LogP contribution is 2.45. The molecular formula is C31H39F5N2O6S. The number of thiophene rings is 1. The number of ether oxygens (including phenoxy) is 3. The molecule has 0 atom stereocenters. The third-order valence-corrected chi connectivity index (χ3v) is 9.26. The number of benzene rings is 1. The summed E-state index contributed by atoms with van der Waals surface area (Å²) in [4.78, 5) is 29.4. The first-order valence-corrected chi connectivity index (χ1v) is 15.7. The van der Waals surface area contributed by atoms with Crippen molar-refractivity contribution in [3.8, 4) is 10.8 Å². The second-order valence-electron chi connectivity index (χ2n) is 11.9. The third-order valence-electron chi connectivity index (χ3n) is 8.26. The number of carbonyl (C=O) groups excluding carboxylic acids is 1. The van der Waals surface area contributed by atoms with E-state index in [1.165, 1.54) is 36.2 Å². The maximum atomic E-state index is 14.0. The van der Waals surface area contributed by atoms with Gasteiger partial charge in [-0.2, -0.15) is 13.2 Å². The Hall–Kier alpha value is -2.81. The molecule has 1 aromatic heterocycles. The van der Waals surface area contributed by atoms with Gasteiger partial charge in [-0.3, -0.25) is 9.69 Å². The number of anilines is 1. The Morgan fingerprint density at radius 2 is 1.78 bits per heavy atom. The maximum absolute atomic E-state index is 14.0. The van der Waals surface area contributed by atoms with Crippen molar-refractivity contribution < 1.29 is 50.9 Å². The van der Waals surface area contributed by atoms with Gasteiger partial charge in [0, 0.05) is 38.0 Å². The van der Waals surface area contributed by atoms with E-state index < -0.39 is 41.3 Å². The van der Waals surface area contributed by atoms with E-state index >= 15 is 0 Å². The van der Waals surface area contributed by atoms with Crippen molar-refractivity contribution in [1.82, 2.24) is 4.90 Å². The second-order valence-corrected chi connectivity index (χ2v) is 13.0. The SMILES string of the molecule is COCC(COC)N(C(=O)C1CCC(C)CC1)c1ccc(Oc2sc(CN3CCCC(F)(F)C3)cc2C(F)(F)F)cc1C(=O)O. The minimum atomic E-state index is -4.81. The quantitative estimate of drug-likeness (QED) is 0.239. The molecule has 0 radical (unpaired) electrons. The predicted molar refractivity (Wildman–Crippen MR) is 158 cm³/mol. The van der Waals surface area contributed by atoms with Gasteiger partial charge in [0.2, 0.25) is 5.91 Å². The van der Waals surface area contributed by atoms with Gasteiger partial charge in [-0.05, 0) is 68.8 Å². The molecule has 1 aliphatic carbocycles. The minimum absolute atomic E-state index is 0.0477. The van der Waals surface area contributed by atoms with E-state index in [-0.39, 0.29) is 66.3 Å². The maximum Gasteiger partial charge on any atom is 0.420 e. The van der Waals surface area contributed by atoms with E-state index in [9.17, 15) is 36.6 Å². The Bertz CT molecular complexity index is 1320. The third kappa shape index (κ3) is 8.93. The fourth-order valence-electron chi connectivity index (χ4n) is 6.02. The van der Waals surface area contributed by atoms with Crippen LogP contribution < -0.4 is 9.64 Å². The molecule has 2 heterocycles. The normalized spacial score (nSPS) is 20.7. The number of methoxy groups -OCH3 is 2. The summed E-state index contributed by atoms with van der Waals surface area (Å²) in [5.41, 5.74) is -1.38. The van der Waals surface area contributed by atoms with E-state index in [4.69, 9.17) is 14.2 Å². The van der Waals surface area contributed by atoms with Crippen molar-refractivity contribution in [1.29, 1.82) is 0 Å². The minimum Gasteiger partial charge on any atom is -0.478 e. The lowest BCUT2D eigenvalue weighted by molar-refractivity contribution is -0.138. The monoisotopic (exact) mass is 662 g/mol. The average Bonchev–Trinajstić information content (AvgIpc) is 3.36. The number of alkyl halides is 5. The van der Waals surface area contributed by atoms with E-state index in [1.807, 2.05) is 0 Å². The summed E-state index contributed by atoms with van der Waals surface area (Å²) in [7, 11) is 2.90. The highest BCUT2D eigenvalue weighted by atomic mass is 32.1. The van der Waals surface area contributed by atoms with Crippen LogP contribution in [0.25, 0.3) is 0 Å². The fourth-order valence-corrected chi connectivity index (χ4v) is 7.11. The number of amides is 1. The Labute approximate surface area is 263 Å². The zero-order valence-corrected chi connectivity index (χ0v) is 26.3. The van der Waals surface area contributed by atoms with Gasteiger partial charge in [-0.15, -0.1) is 11.3 Å².